The molecular formula is C21H23N5O. The maximum Gasteiger partial charge on any atom is 0.229 e. The van der Waals surface area contributed by atoms with Gasteiger partial charge in [-0.2, -0.15) is 4.98 Å². The van der Waals surface area contributed by atoms with E-state index in [9.17, 15) is 4.79 Å². The number of carbonyl (C=O) groups is 1. The molecule has 0 atom stereocenters. The average Bonchev–Trinajstić information content (AvgIpc) is 2.63. The summed E-state index contributed by atoms with van der Waals surface area (Å²) in [7, 11) is 3.90. The fourth-order valence-corrected chi connectivity index (χ4v) is 2.69. The maximum absolute atomic E-state index is 12.2. The zero-order valence-electron chi connectivity index (χ0n) is 15.8. The molecule has 0 unspecified atom stereocenters. The number of anilines is 3. The van der Waals surface area contributed by atoms with Gasteiger partial charge in [0.2, 0.25) is 5.95 Å². The summed E-state index contributed by atoms with van der Waals surface area (Å²) in [4.78, 5) is 27.1. The fourth-order valence-electron chi connectivity index (χ4n) is 2.69. The number of pyridine rings is 1. The van der Waals surface area contributed by atoms with Gasteiger partial charge >= 0.3 is 0 Å². The van der Waals surface area contributed by atoms with Crippen LogP contribution in [0.5, 0.6) is 0 Å². The molecule has 6 nitrogen and oxygen atoms in total. The van der Waals surface area contributed by atoms with Crippen LogP contribution in [0.4, 0.5) is 17.5 Å². The van der Waals surface area contributed by atoms with Gasteiger partial charge in [-0.05, 0) is 42.3 Å². The number of benzene rings is 1. The lowest BCUT2D eigenvalue weighted by molar-refractivity contribution is -0.117. The minimum atomic E-state index is 0.180. The van der Waals surface area contributed by atoms with E-state index in [0.717, 1.165) is 28.3 Å². The molecule has 3 aromatic rings. The molecule has 6 heteroatoms. The van der Waals surface area contributed by atoms with E-state index in [1.807, 2.05) is 68.4 Å². The summed E-state index contributed by atoms with van der Waals surface area (Å²) in [5.41, 5.74) is 3.76. The molecule has 1 aromatic carbocycles. The Bertz CT molecular complexity index is 908. The lowest BCUT2D eigenvalue weighted by Gasteiger charge is -2.14. The van der Waals surface area contributed by atoms with E-state index in [4.69, 9.17) is 0 Å². The van der Waals surface area contributed by atoms with Crippen molar-refractivity contribution in [3.63, 3.8) is 0 Å². The van der Waals surface area contributed by atoms with Gasteiger partial charge in [0.05, 0.1) is 0 Å². The Kier molecular flexibility index (Phi) is 5.76. The highest BCUT2D eigenvalue weighted by molar-refractivity contribution is 5.83. The third-order valence-corrected chi connectivity index (χ3v) is 4.06. The van der Waals surface area contributed by atoms with Gasteiger partial charge in [-0.15, -0.1) is 0 Å². The van der Waals surface area contributed by atoms with Crippen molar-refractivity contribution in [2.24, 2.45) is 0 Å². The Morgan fingerprint density at radius 3 is 2.22 bits per heavy atom. The Morgan fingerprint density at radius 2 is 1.59 bits per heavy atom. The van der Waals surface area contributed by atoms with Gasteiger partial charge in [-0.25, -0.2) is 4.98 Å². The zero-order valence-corrected chi connectivity index (χ0v) is 15.8. The van der Waals surface area contributed by atoms with Crippen LogP contribution in [0.2, 0.25) is 0 Å². The molecular weight excluding hydrogens is 338 g/mol. The van der Waals surface area contributed by atoms with Gasteiger partial charge in [0.1, 0.15) is 11.6 Å². The Balaban J connectivity index is 1.63. The van der Waals surface area contributed by atoms with E-state index < -0.39 is 0 Å². The third kappa shape index (κ3) is 5.34. The van der Waals surface area contributed by atoms with Crippen LogP contribution < -0.4 is 10.2 Å². The van der Waals surface area contributed by atoms with Crippen molar-refractivity contribution < 1.29 is 4.79 Å². The van der Waals surface area contributed by atoms with Gasteiger partial charge in [-0.1, -0.05) is 12.1 Å². The first-order valence-electron chi connectivity index (χ1n) is 8.79. The largest absolute Gasteiger partial charge is 0.363 e. The topological polar surface area (TPSA) is 71.0 Å². The zero-order chi connectivity index (χ0) is 19.2. The standard InChI is InChI=1S/C21H23N5O/c1-15-12-20(26(2)3)25-21(23-15)24-18-6-4-16(5-7-18)13-19(27)14-17-8-10-22-11-9-17/h4-12H,13-14H2,1-3H3,(H,23,24,25). The molecule has 27 heavy (non-hydrogen) atoms. The number of hydrogen-bond acceptors (Lipinski definition) is 6. The van der Waals surface area contributed by atoms with Gasteiger partial charge in [-0.3, -0.25) is 9.78 Å². The number of aryl methyl sites for hydroxylation is 1. The molecule has 3 rings (SSSR count). The second-order valence-electron chi connectivity index (χ2n) is 6.66. The molecule has 0 amide bonds. The molecule has 2 aromatic heterocycles. The number of Topliss-reactive ketones (excluding diaryl/α,β-unsaturated/α-hetero) is 1. The first-order valence-corrected chi connectivity index (χ1v) is 8.79. The molecule has 0 saturated heterocycles. The van der Waals surface area contributed by atoms with E-state index in [-0.39, 0.29) is 5.78 Å². The summed E-state index contributed by atoms with van der Waals surface area (Å²) in [5.74, 6) is 1.59. The maximum atomic E-state index is 12.2. The summed E-state index contributed by atoms with van der Waals surface area (Å²) < 4.78 is 0. The summed E-state index contributed by atoms with van der Waals surface area (Å²) in [5, 5.41) is 3.22. The van der Waals surface area contributed by atoms with E-state index in [1.165, 1.54) is 0 Å². The van der Waals surface area contributed by atoms with Crippen LogP contribution in [0, 0.1) is 6.92 Å². The predicted octanol–water partition coefficient (Wildman–Crippen LogP) is 3.34. The molecule has 2 heterocycles. The smallest absolute Gasteiger partial charge is 0.229 e. The van der Waals surface area contributed by atoms with Crippen LogP contribution in [0.15, 0.2) is 54.9 Å². The SMILES string of the molecule is Cc1cc(N(C)C)nc(Nc2ccc(CC(=O)Cc3ccncc3)cc2)n1. The number of nitrogens with one attached hydrogen (secondary N) is 1. The van der Waals surface area contributed by atoms with Crippen LogP contribution in [0.1, 0.15) is 16.8 Å². The summed E-state index contributed by atoms with van der Waals surface area (Å²) >= 11 is 0. The van der Waals surface area contributed by atoms with E-state index in [0.29, 0.717) is 18.8 Å². The molecule has 0 bridgehead atoms. The van der Waals surface area contributed by atoms with Crippen LogP contribution >= 0.6 is 0 Å². The predicted molar refractivity (Wildman–Crippen MR) is 107 cm³/mol. The van der Waals surface area contributed by atoms with Gasteiger partial charge in [0, 0.05) is 56.8 Å². The summed E-state index contributed by atoms with van der Waals surface area (Å²) in [6.45, 7) is 1.94. The van der Waals surface area contributed by atoms with Crippen molar-refractivity contribution in [3.05, 3.63) is 71.7 Å². The Labute approximate surface area is 159 Å². The van der Waals surface area contributed by atoms with Crippen molar-refractivity contribution in [1.82, 2.24) is 15.0 Å². The molecule has 0 saturated carbocycles. The highest BCUT2D eigenvalue weighted by atomic mass is 16.1. The molecule has 0 aliphatic carbocycles. The van der Waals surface area contributed by atoms with E-state index in [1.54, 1.807) is 12.4 Å². The first kappa shape index (κ1) is 18.5. The van der Waals surface area contributed by atoms with Crippen molar-refractivity contribution in [1.29, 1.82) is 0 Å². The Morgan fingerprint density at radius 1 is 0.963 bits per heavy atom. The van der Waals surface area contributed by atoms with E-state index in [2.05, 4.69) is 20.3 Å². The Hall–Kier alpha value is -3.28. The minimum Gasteiger partial charge on any atom is -0.363 e. The quantitative estimate of drug-likeness (QED) is 0.696. The number of rotatable bonds is 7. The highest BCUT2D eigenvalue weighted by Crippen LogP contribution is 2.18. The second kappa shape index (κ2) is 8.40. The van der Waals surface area contributed by atoms with Crippen molar-refractivity contribution >= 4 is 23.2 Å². The number of carbonyl (C=O) groups excluding carboxylic acids is 1. The normalized spacial score (nSPS) is 10.5. The monoisotopic (exact) mass is 361 g/mol. The molecule has 0 radical (unpaired) electrons. The lowest BCUT2D eigenvalue weighted by atomic mass is 10.0. The lowest BCUT2D eigenvalue weighted by Crippen LogP contribution is -2.12. The average molecular weight is 361 g/mol. The van der Waals surface area contributed by atoms with Crippen LogP contribution in [-0.4, -0.2) is 34.8 Å². The number of hydrogen-bond donors (Lipinski definition) is 1. The van der Waals surface area contributed by atoms with Crippen LogP contribution in [-0.2, 0) is 17.6 Å². The second-order valence-corrected chi connectivity index (χ2v) is 6.66. The molecule has 0 fully saturated rings. The fraction of sp³-hybridized carbons (Fsp3) is 0.238. The number of ketones is 1. The van der Waals surface area contributed by atoms with E-state index >= 15 is 0 Å². The van der Waals surface area contributed by atoms with Crippen LogP contribution in [0.25, 0.3) is 0 Å². The third-order valence-electron chi connectivity index (χ3n) is 4.06. The molecule has 0 aliphatic rings. The summed E-state index contributed by atoms with van der Waals surface area (Å²) in [6, 6.07) is 13.5. The van der Waals surface area contributed by atoms with Crippen molar-refractivity contribution in [2.75, 3.05) is 24.3 Å². The highest BCUT2D eigenvalue weighted by Gasteiger charge is 2.07. The number of aromatic nitrogens is 3. The molecule has 138 valence electrons. The van der Waals surface area contributed by atoms with Crippen molar-refractivity contribution in [3.8, 4) is 0 Å². The molecule has 0 aliphatic heterocycles. The van der Waals surface area contributed by atoms with Gasteiger partial charge in [0.15, 0.2) is 0 Å². The number of nitrogens with zero attached hydrogens (tertiary/aromatic N) is 4. The molecule has 1 N–H and O–H groups in total. The summed E-state index contributed by atoms with van der Waals surface area (Å²) in [6.07, 6.45) is 4.25. The minimum absolute atomic E-state index is 0.180. The van der Waals surface area contributed by atoms with Crippen molar-refractivity contribution in [2.45, 2.75) is 19.8 Å². The first-order chi connectivity index (χ1) is 13.0. The van der Waals surface area contributed by atoms with Crippen LogP contribution in [0.3, 0.4) is 0 Å². The van der Waals surface area contributed by atoms with Gasteiger partial charge < -0.3 is 10.2 Å². The van der Waals surface area contributed by atoms with Gasteiger partial charge in [0.25, 0.3) is 0 Å². The molecule has 0 spiro atoms.